The van der Waals surface area contributed by atoms with Crippen molar-refractivity contribution >= 4 is 46.8 Å². The number of benzene rings is 3. The number of imide groups is 1. The van der Waals surface area contributed by atoms with Crippen LogP contribution in [0.15, 0.2) is 66.7 Å². The quantitative estimate of drug-likeness (QED) is 0.236. The van der Waals surface area contributed by atoms with Crippen molar-refractivity contribution in [3.8, 4) is 0 Å². The van der Waals surface area contributed by atoms with Gasteiger partial charge in [-0.1, -0.05) is 30.3 Å². The Kier molecular flexibility index (Phi) is 7.25. The zero-order valence-electron chi connectivity index (χ0n) is 24.2. The highest BCUT2D eigenvalue weighted by Crippen LogP contribution is 2.55. The van der Waals surface area contributed by atoms with Crippen molar-refractivity contribution in [2.45, 2.75) is 26.3 Å². The lowest BCUT2D eigenvalue weighted by Crippen LogP contribution is -2.62. The summed E-state index contributed by atoms with van der Waals surface area (Å²) in [6.45, 7) is 4.66. The van der Waals surface area contributed by atoms with Gasteiger partial charge in [-0.25, -0.2) is 9.59 Å². The van der Waals surface area contributed by atoms with Gasteiger partial charge in [-0.3, -0.25) is 14.4 Å². The zero-order valence-corrected chi connectivity index (χ0v) is 24.2. The molecule has 0 aromatic heterocycles. The lowest BCUT2D eigenvalue weighted by Gasteiger charge is -2.42. The maximum atomic E-state index is 13.6. The number of methoxy groups -OCH3 is 2. The van der Waals surface area contributed by atoms with Gasteiger partial charge in [0.1, 0.15) is 12.1 Å². The topological polar surface area (TPSA) is 137 Å². The van der Waals surface area contributed by atoms with Gasteiger partial charge in [-0.15, -0.1) is 5.06 Å². The lowest BCUT2D eigenvalue weighted by atomic mass is 9.95. The summed E-state index contributed by atoms with van der Waals surface area (Å²) >= 11 is 0. The molecule has 3 aromatic rings. The van der Waals surface area contributed by atoms with Crippen molar-refractivity contribution in [1.29, 1.82) is 0 Å². The number of carboxylic acid groups (broad SMARTS) is 1. The molecule has 0 spiro atoms. The summed E-state index contributed by atoms with van der Waals surface area (Å²) in [5.41, 5.74) is 0.185. The summed E-state index contributed by atoms with van der Waals surface area (Å²) in [6, 6.07) is 17.6. The van der Waals surface area contributed by atoms with Crippen LogP contribution in [0.25, 0.3) is 11.3 Å². The molecule has 3 amide bonds. The Hall–Kier alpha value is -5.13. The van der Waals surface area contributed by atoms with E-state index in [0.717, 1.165) is 7.11 Å². The Morgan fingerprint density at radius 2 is 1.40 bits per heavy atom. The fourth-order valence-electron chi connectivity index (χ4n) is 5.86. The predicted molar refractivity (Wildman–Crippen MR) is 155 cm³/mol. The van der Waals surface area contributed by atoms with Crippen LogP contribution in [-0.4, -0.2) is 66.4 Å². The molecule has 5 rings (SSSR count). The Balaban J connectivity index is 1.83. The van der Waals surface area contributed by atoms with Crippen LogP contribution in [0.4, 0.5) is 10.5 Å². The Bertz CT molecular complexity index is 1700. The third-order valence-electron chi connectivity index (χ3n) is 7.66. The minimum Gasteiger partial charge on any atom is -0.465 e. The standard InChI is InChI=1S/C32H28N2O9/c1-32(2,3)34(31(39)40)24-16-19(29(37)41-4)15-22(30(38)42-5)25(24)23(26(34)18-11-7-6-8-12-18)17-43-33-27(35)20-13-9-10-14-21(20)28(33)36/h6-16H,17H2,1-5H3/p+1. The number of carbonyl (C=O) groups is 5. The van der Waals surface area contributed by atoms with Crippen LogP contribution >= 0.6 is 0 Å². The van der Waals surface area contributed by atoms with E-state index in [0.29, 0.717) is 10.6 Å². The van der Waals surface area contributed by atoms with Crippen molar-refractivity contribution in [3.63, 3.8) is 0 Å². The van der Waals surface area contributed by atoms with E-state index in [9.17, 15) is 29.1 Å². The number of ether oxygens (including phenoxy) is 2. The SMILES string of the molecule is COC(=O)c1cc(C(=O)OC)c2c(c1)[N+](C(=O)O)(C(C)(C)C)C(c1ccccc1)=C2CON1C(=O)c2ccccc2C1=O. The summed E-state index contributed by atoms with van der Waals surface area (Å²) in [7, 11) is 2.33. The van der Waals surface area contributed by atoms with Crippen molar-refractivity contribution in [2.75, 3.05) is 20.8 Å². The number of rotatable bonds is 6. The third kappa shape index (κ3) is 4.32. The largest absolute Gasteiger partial charge is 0.524 e. The molecule has 1 N–H and O–H groups in total. The Morgan fingerprint density at radius 3 is 1.91 bits per heavy atom. The van der Waals surface area contributed by atoms with Crippen LogP contribution < -0.4 is 4.48 Å². The van der Waals surface area contributed by atoms with Gasteiger partial charge >= 0.3 is 18.0 Å². The van der Waals surface area contributed by atoms with Crippen LogP contribution in [0.1, 0.15) is 73.3 Å². The zero-order chi connectivity index (χ0) is 31.3. The lowest BCUT2D eigenvalue weighted by molar-refractivity contribution is -0.0779. The van der Waals surface area contributed by atoms with E-state index in [-0.39, 0.29) is 44.8 Å². The van der Waals surface area contributed by atoms with E-state index in [2.05, 4.69) is 0 Å². The molecule has 0 bridgehead atoms. The van der Waals surface area contributed by atoms with Crippen LogP contribution in [0.2, 0.25) is 0 Å². The molecule has 43 heavy (non-hydrogen) atoms. The van der Waals surface area contributed by atoms with E-state index in [1.807, 2.05) is 0 Å². The van der Waals surface area contributed by atoms with Gasteiger partial charge in [0.15, 0.2) is 11.4 Å². The first-order valence-electron chi connectivity index (χ1n) is 13.3. The van der Waals surface area contributed by atoms with Crippen molar-refractivity contribution in [1.82, 2.24) is 9.55 Å². The predicted octanol–water partition coefficient (Wildman–Crippen LogP) is 5.15. The molecule has 0 saturated heterocycles. The number of quaternary nitrogens is 1. The molecule has 0 saturated carbocycles. The summed E-state index contributed by atoms with van der Waals surface area (Å²) in [5.74, 6) is -2.98. The first-order chi connectivity index (χ1) is 20.4. The molecule has 2 aliphatic heterocycles. The van der Waals surface area contributed by atoms with E-state index in [1.54, 1.807) is 63.2 Å². The number of nitrogens with zero attached hydrogens (tertiary/aromatic N) is 2. The minimum atomic E-state index is -1.30. The summed E-state index contributed by atoms with van der Waals surface area (Å²) in [5, 5.41) is 11.7. The van der Waals surface area contributed by atoms with Crippen LogP contribution in [0.3, 0.4) is 0 Å². The second-order valence-corrected chi connectivity index (χ2v) is 10.9. The molecule has 11 nitrogen and oxygen atoms in total. The van der Waals surface area contributed by atoms with Gasteiger partial charge in [-0.2, -0.15) is 9.28 Å². The molecule has 0 radical (unpaired) electrons. The van der Waals surface area contributed by atoms with Crippen LogP contribution in [-0.2, 0) is 14.3 Å². The highest BCUT2D eigenvalue weighted by molar-refractivity contribution is 6.21. The number of fused-ring (bicyclic) bond motifs is 2. The van der Waals surface area contributed by atoms with Gasteiger partial charge in [0.25, 0.3) is 11.8 Å². The summed E-state index contributed by atoms with van der Waals surface area (Å²) in [6.07, 6.45) is -1.30. The molecular formula is C32H29N2O9+. The molecule has 1 unspecified atom stereocenters. The van der Waals surface area contributed by atoms with Crippen molar-refractivity contribution < 1.29 is 43.4 Å². The molecule has 220 valence electrons. The minimum absolute atomic E-state index is 0.0652. The van der Waals surface area contributed by atoms with E-state index < -0.39 is 46.5 Å². The van der Waals surface area contributed by atoms with Crippen molar-refractivity contribution in [2.24, 2.45) is 0 Å². The third-order valence-corrected chi connectivity index (χ3v) is 7.66. The second-order valence-electron chi connectivity index (χ2n) is 10.9. The maximum absolute atomic E-state index is 13.6. The second kappa shape index (κ2) is 10.6. The normalized spacial score (nSPS) is 17.6. The maximum Gasteiger partial charge on any atom is 0.524 e. The van der Waals surface area contributed by atoms with Crippen LogP contribution in [0, 0.1) is 0 Å². The van der Waals surface area contributed by atoms with E-state index >= 15 is 0 Å². The molecule has 11 heteroatoms. The summed E-state index contributed by atoms with van der Waals surface area (Å²) in [4.78, 5) is 71.8. The molecule has 3 aromatic carbocycles. The Morgan fingerprint density at radius 1 is 0.837 bits per heavy atom. The fourth-order valence-corrected chi connectivity index (χ4v) is 5.86. The number of hydrogen-bond acceptors (Lipinski definition) is 8. The van der Waals surface area contributed by atoms with Gasteiger partial charge in [0.2, 0.25) is 0 Å². The van der Waals surface area contributed by atoms with Gasteiger partial charge in [0.05, 0.1) is 47.6 Å². The molecule has 0 aliphatic carbocycles. The number of carbonyl (C=O) groups excluding carboxylic acids is 4. The van der Waals surface area contributed by atoms with E-state index in [4.69, 9.17) is 14.3 Å². The average molecular weight is 586 g/mol. The first kappa shape index (κ1) is 29.4. The number of hydroxylamine groups is 2. The molecule has 2 heterocycles. The number of amides is 3. The Labute approximate surface area is 247 Å². The highest BCUT2D eigenvalue weighted by Gasteiger charge is 2.61. The molecule has 1 atom stereocenters. The summed E-state index contributed by atoms with van der Waals surface area (Å²) < 4.78 is 9.12. The van der Waals surface area contributed by atoms with E-state index in [1.165, 1.54) is 31.4 Å². The molecule has 0 fully saturated rings. The van der Waals surface area contributed by atoms with Gasteiger partial charge in [-0.05, 0) is 51.1 Å². The molecule has 2 aliphatic rings. The number of hydrogen-bond donors (Lipinski definition) is 1. The highest BCUT2D eigenvalue weighted by atomic mass is 16.7. The smallest absolute Gasteiger partial charge is 0.465 e. The number of esters is 2. The first-order valence-corrected chi connectivity index (χ1v) is 13.3. The average Bonchev–Trinajstić information content (AvgIpc) is 3.43. The fraction of sp³-hybridized carbons (Fsp3) is 0.219. The van der Waals surface area contributed by atoms with Crippen LogP contribution in [0.5, 0.6) is 0 Å². The van der Waals surface area contributed by atoms with Gasteiger partial charge < -0.3 is 14.6 Å². The van der Waals surface area contributed by atoms with Crippen molar-refractivity contribution in [3.05, 3.63) is 100 Å². The molecular weight excluding hydrogens is 556 g/mol. The monoisotopic (exact) mass is 585 g/mol. The van der Waals surface area contributed by atoms with Gasteiger partial charge in [0, 0.05) is 11.6 Å².